The minimum Gasteiger partial charge on any atom is -0.481 e. The van der Waals surface area contributed by atoms with Gasteiger partial charge in [-0.2, -0.15) is 0 Å². The van der Waals surface area contributed by atoms with Crippen molar-refractivity contribution in [3.63, 3.8) is 0 Å². The van der Waals surface area contributed by atoms with E-state index in [1.807, 2.05) is 0 Å². The predicted molar refractivity (Wildman–Crippen MR) is 58.8 cm³/mol. The fourth-order valence-electron chi connectivity index (χ4n) is 0.634. The average molecular weight is 264 g/mol. The monoisotopic (exact) mass is 264 g/mol. The fraction of sp³-hybridized carbons (Fsp3) is 0.556. The van der Waals surface area contributed by atoms with Crippen molar-refractivity contribution >= 4 is 24.2 Å². The van der Waals surface area contributed by atoms with Crippen LogP contribution in [0.15, 0.2) is 0 Å². The Morgan fingerprint density at radius 2 is 1.56 bits per heavy atom. The summed E-state index contributed by atoms with van der Waals surface area (Å²) < 4.78 is 0. The number of aliphatic carboxylic acids is 3. The van der Waals surface area contributed by atoms with Crippen molar-refractivity contribution in [3.8, 4) is 0 Å². The summed E-state index contributed by atoms with van der Waals surface area (Å²) in [5.41, 5.74) is 9.93. The van der Waals surface area contributed by atoms with Crippen LogP contribution < -0.4 is 11.5 Å². The summed E-state index contributed by atoms with van der Waals surface area (Å²) in [5.74, 6) is -3.42. The highest BCUT2D eigenvalue weighted by Crippen LogP contribution is 1.90. The number of nitrogens with two attached hydrogens (primary N) is 2. The normalized spacial score (nSPS) is 12.6. The maximum Gasteiger partial charge on any atom is 0.321 e. The molecule has 0 aromatic rings. The first kappa shape index (κ1) is 18.4. The molecule has 9 heteroatoms. The van der Waals surface area contributed by atoms with Crippen molar-refractivity contribution in [1.82, 2.24) is 0 Å². The van der Waals surface area contributed by atoms with Gasteiger partial charge in [-0.15, -0.1) is 0 Å². The van der Waals surface area contributed by atoms with Crippen LogP contribution in [-0.2, 0) is 19.2 Å². The summed E-state index contributed by atoms with van der Waals surface area (Å²) in [7, 11) is 0. The largest absolute Gasteiger partial charge is 0.481 e. The Morgan fingerprint density at radius 3 is 1.78 bits per heavy atom. The van der Waals surface area contributed by atoms with Gasteiger partial charge in [0.05, 0.1) is 12.5 Å². The molecule has 0 radical (unpaired) electrons. The molecular formula is C9H16N2O7. The van der Waals surface area contributed by atoms with Gasteiger partial charge in [0.15, 0.2) is 0 Å². The van der Waals surface area contributed by atoms with Crippen LogP contribution in [0.2, 0.25) is 0 Å². The summed E-state index contributed by atoms with van der Waals surface area (Å²) in [4.78, 5) is 39.3. The number of hydrogen-bond donors (Lipinski definition) is 5. The second-order valence-corrected chi connectivity index (χ2v) is 3.27. The van der Waals surface area contributed by atoms with Crippen LogP contribution >= 0.6 is 0 Å². The molecule has 0 saturated heterocycles. The van der Waals surface area contributed by atoms with Gasteiger partial charge in [0.2, 0.25) is 0 Å². The quantitative estimate of drug-likeness (QED) is 0.333. The molecular weight excluding hydrogens is 248 g/mol. The molecule has 7 N–H and O–H groups in total. The van der Waals surface area contributed by atoms with Crippen molar-refractivity contribution in [1.29, 1.82) is 0 Å². The third-order valence-electron chi connectivity index (χ3n) is 1.58. The molecule has 0 aromatic heterocycles. The minimum absolute atomic E-state index is 0.0418. The molecule has 0 aliphatic carbocycles. The Balaban J connectivity index is 0. The highest BCUT2D eigenvalue weighted by atomic mass is 16.4. The predicted octanol–water partition coefficient (Wildman–Crippen LogP) is -1.75. The van der Waals surface area contributed by atoms with Crippen LogP contribution in [-0.4, -0.2) is 51.6 Å². The molecule has 0 heterocycles. The van der Waals surface area contributed by atoms with E-state index in [9.17, 15) is 19.2 Å². The number of carbonyl (C=O) groups excluding carboxylic acids is 1. The first-order valence-corrected chi connectivity index (χ1v) is 4.83. The number of carboxylic acid groups (broad SMARTS) is 3. The van der Waals surface area contributed by atoms with Crippen LogP contribution in [0, 0.1) is 0 Å². The molecule has 104 valence electrons. The minimum atomic E-state index is -1.29. The molecule has 0 amide bonds. The standard InChI is InChI=1S/C5H9NO3.C4H7NO4/c6-4(3-7)1-2-5(8)9;5-2(4(8)9)1-3(6)7/h3-4H,1-2,6H2,(H,8,9);2H,1,5H2,(H,6,7)(H,8,9)/t;2-/m.0/s1. The molecule has 18 heavy (non-hydrogen) atoms. The van der Waals surface area contributed by atoms with Gasteiger partial charge >= 0.3 is 17.9 Å². The number of hydrogen-bond acceptors (Lipinski definition) is 6. The number of carboxylic acids is 3. The van der Waals surface area contributed by atoms with E-state index in [1.54, 1.807) is 0 Å². The molecule has 0 aliphatic heterocycles. The third-order valence-corrected chi connectivity index (χ3v) is 1.58. The maximum absolute atomic E-state index is 9.85. The van der Waals surface area contributed by atoms with Gasteiger partial charge in [0, 0.05) is 6.42 Å². The van der Waals surface area contributed by atoms with E-state index >= 15 is 0 Å². The van der Waals surface area contributed by atoms with Crippen molar-refractivity contribution < 1.29 is 34.5 Å². The van der Waals surface area contributed by atoms with E-state index in [1.165, 1.54) is 0 Å². The smallest absolute Gasteiger partial charge is 0.321 e. The van der Waals surface area contributed by atoms with Gasteiger partial charge in [-0.3, -0.25) is 14.4 Å². The van der Waals surface area contributed by atoms with E-state index < -0.39 is 36.4 Å². The Kier molecular flexibility index (Phi) is 10.4. The summed E-state index contributed by atoms with van der Waals surface area (Å²) in [6.45, 7) is 0. The van der Waals surface area contributed by atoms with Crippen LogP contribution in [0.25, 0.3) is 0 Å². The maximum atomic E-state index is 9.85. The lowest BCUT2D eigenvalue weighted by atomic mass is 10.2. The van der Waals surface area contributed by atoms with Gasteiger partial charge in [-0.25, -0.2) is 0 Å². The van der Waals surface area contributed by atoms with E-state index in [0.29, 0.717) is 6.29 Å². The molecule has 0 rings (SSSR count). The second-order valence-electron chi connectivity index (χ2n) is 3.27. The number of aldehydes is 1. The summed E-state index contributed by atoms with van der Waals surface area (Å²) in [6, 6.07) is -1.91. The number of carbonyl (C=O) groups is 4. The van der Waals surface area contributed by atoms with Gasteiger partial charge in [-0.05, 0) is 6.42 Å². The van der Waals surface area contributed by atoms with Crippen molar-refractivity contribution in [2.24, 2.45) is 11.5 Å². The lowest BCUT2D eigenvalue weighted by molar-refractivity contribution is -0.144. The van der Waals surface area contributed by atoms with Crippen LogP contribution in [0.3, 0.4) is 0 Å². The summed E-state index contributed by atoms with van der Waals surface area (Å²) in [5, 5.41) is 24.1. The lowest BCUT2D eigenvalue weighted by Crippen LogP contribution is -2.32. The Labute approximate surface area is 102 Å². The zero-order valence-corrected chi connectivity index (χ0v) is 9.48. The van der Waals surface area contributed by atoms with Crippen LogP contribution in [0.4, 0.5) is 0 Å². The topological polar surface area (TPSA) is 181 Å². The molecule has 0 saturated carbocycles. The highest BCUT2D eigenvalue weighted by molar-refractivity contribution is 5.80. The SMILES string of the molecule is NC(C=O)CCC(=O)O.N[C@@H](CC(=O)O)C(=O)O. The molecule has 0 aromatic carbocycles. The first-order chi connectivity index (χ1) is 8.20. The van der Waals surface area contributed by atoms with E-state index in [2.05, 4.69) is 0 Å². The third kappa shape index (κ3) is 14.0. The molecule has 0 bridgehead atoms. The average Bonchev–Trinajstić information content (AvgIpc) is 2.25. The van der Waals surface area contributed by atoms with E-state index in [-0.39, 0.29) is 12.8 Å². The zero-order chi connectivity index (χ0) is 14.7. The molecule has 2 atom stereocenters. The fourth-order valence-corrected chi connectivity index (χ4v) is 0.634. The highest BCUT2D eigenvalue weighted by Gasteiger charge is 2.14. The summed E-state index contributed by atoms with van der Waals surface area (Å²) in [6.07, 6.45) is 0.191. The molecule has 0 fully saturated rings. The van der Waals surface area contributed by atoms with Crippen molar-refractivity contribution in [2.75, 3.05) is 0 Å². The van der Waals surface area contributed by atoms with Gasteiger partial charge in [-0.1, -0.05) is 0 Å². The van der Waals surface area contributed by atoms with Crippen molar-refractivity contribution in [2.45, 2.75) is 31.3 Å². The Morgan fingerprint density at radius 1 is 1.06 bits per heavy atom. The first-order valence-electron chi connectivity index (χ1n) is 4.83. The molecule has 0 aliphatic rings. The lowest BCUT2D eigenvalue weighted by Gasteiger charge is -1.99. The molecule has 0 spiro atoms. The Bertz CT molecular complexity index is 305. The van der Waals surface area contributed by atoms with Gasteiger partial charge < -0.3 is 31.6 Å². The number of rotatable bonds is 7. The van der Waals surface area contributed by atoms with Gasteiger partial charge in [0.1, 0.15) is 12.3 Å². The van der Waals surface area contributed by atoms with Crippen molar-refractivity contribution in [3.05, 3.63) is 0 Å². The van der Waals surface area contributed by atoms with Gasteiger partial charge in [0.25, 0.3) is 0 Å². The van der Waals surface area contributed by atoms with Crippen LogP contribution in [0.1, 0.15) is 19.3 Å². The van der Waals surface area contributed by atoms with E-state index in [4.69, 9.17) is 26.8 Å². The second kappa shape index (κ2) is 10.2. The molecule has 9 nitrogen and oxygen atoms in total. The summed E-state index contributed by atoms with van der Waals surface area (Å²) >= 11 is 0. The van der Waals surface area contributed by atoms with Crippen LogP contribution in [0.5, 0.6) is 0 Å². The molecule has 1 unspecified atom stereocenters. The zero-order valence-electron chi connectivity index (χ0n) is 9.48. The van der Waals surface area contributed by atoms with E-state index in [0.717, 1.165) is 0 Å². The Hall–Kier alpha value is -2.00.